The Hall–Kier alpha value is -1.51. The van der Waals surface area contributed by atoms with E-state index in [1.807, 2.05) is 0 Å². The minimum Gasteiger partial charge on any atom is -0.507 e. The summed E-state index contributed by atoms with van der Waals surface area (Å²) in [6, 6.07) is 3.40. The largest absolute Gasteiger partial charge is 0.507 e. The lowest BCUT2D eigenvalue weighted by atomic mass is 9.90. The van der Waals surface area contributed by atoms with Gasteiger partial charge in [-0.25, -0.2) is 0 Å². The highest BCUT2D eigenvalue weighted by molar-refractivity contribution is 5.95. The molecule has 0 unspecified atom stereocenters. The number of aromatic hydroxyl groups is 1. The van der Waals surface area contributed by atoms with Crippen LogP contribution < -0.4 is 5.73 Å². The van der Waals surface area contributed by atoms with Crippen LogP contribution in [0.5, 0.6) is 5.75 Å². The lowest BCUT2D eigenvalue weighted by molar-refractivity contribution is 0.0997. The van der Waals surface area contributed by atoms with Gasteiger partial charge in [-0.05, 0) is 48.9 Å². The molecule has 0 heterocycles. The first-order chi connectivity index (χ1) is 6.68. The van der Waals surface area contributed by atoms with Crippen molar-refractivity contribution >= 4 is 5.91 Å². The van der Waals surface area contributed by atoms with Crippen LogP contribution >= 0.6 is 0 Å². The maximum absolute atomic E-state index is 11.0. The number of aryl methyl sites for hydroxylation is 2. The van der Waals surface area contributed by atoms with Crippen LogP contribution in [0, 0.1) is 0 Å². The monoisotopic (exact) mass is 191 g/mol. The van der Waals surface area contributed by atoms with E-state index in [2.05, 4.69) is 0 Å². The summed E-state index contributed by atoms with van der Waals surface area (Å²) in [7, 11) is 0. The Morgan fingerprint density at radius 2 is 1.79 bits per heavy atom. The van der Waals surface area contributed by atoms with Crippen LogP contribution in [0.15, 0.2) is 12.1 Å². The minimum atomic E-state index is -0.559. The van der Waals surface area contributed by atoms with Crippen molar-refractivity contribution < 1.29 is 9.90 Å². The van der Waals surface area contributed by atoms with E-state index in [1.54, 1.807) is 12.1 Å². The van der Waals surface area contributed by atoms with Crippen LogP contribution in [-0.4, -0.2) is 11.0 Å². The third-order valence-corrected chi connectivity index (χ3v) is 2.73. The molecular weight excluding hydrogens is 178 g/mol. The van der Waals surface area contributed by atoms with E-state index in [9.17, 15) is 9.90 Å². The molecule has 74 valence electrons. The van der Waals surface area contributed by atoms with Crippen molar-refractivity contribution in [1.29, 1.82) is 0 Å². The van der Waals surface area contributed by atoms with Gasteiger partial charge in [0.2, 0.25) is 0 Å². The van der Waals surface area contributed by atoms with Crippen molar-refractivity contribution in [3.8, 4) is 5.75 Å². The molecule has 1 aliphatic carbocycles. The number of fused-ring (bicyclic) bond motifs is 1. The molecule has 1 aromatic rings. The number of nitrogens with two attached hydrogens (primary N) is 1. The van der Waals surface area contributed by atoms with Crippen molar-refractivity contribution in [3.63, 3.8) is 0 Å². The van der Waals surface area contributed by atoms with Gasteiger partial charge < -0.3 is 10.8 Å². The molecule has 2 rings (SSSR count). The van der Waals surface area contributed by atoms with Gasteiger partial charge in [0.15, 0.2) is 0 Å². The van der Waals surface area contributed by atoms with Gasteiger partial charge in [0.25, 0.3) is 5.91 Å². The molecule has 0 fully saturated rings. The zero-order valence-electron chi connectivity index (χ0n) is 7.92. The average molecular weight is 191 g/mol. The number of primary amides is 1. The van der Waals surface area contributed by atoms with Crippen LogP contribution in [0.2, 0.25) is 0 Å². The summed E-state index contributed by atoms with van der Waals surface area (Å²) in [4.78, 5) is 11.0. The van der Waals surface area contributed by atoms with Gasteiger partial charge in [0, 0.05) is 0 Å². The number of carbonyl (C=O) groups excluding carboxylic acids is 1. The molecule has 0 saturated heterocycles. The number of hydrogen-bond acceptors (Lipinski definition) is 2. The van der Waals surface area contributed by atoms with Crippen molar-refractivity contribution in [2.24, 2.45) is 5.73 Å². The standard InChI is InChI=1S/C11H13NO2/c12-11(14)9-5-7-3-1-2-4-8(7)6-10(9)13/h5-6,13H,1-4H2,(H2,12,14). The fourth-order valence-corrected chi connectivity index (χ4v) is 1.97. The van der Waals surface area contributed by atoms with Crippen LogP contribution in [0.25, 0.3) is 0 Å². The third kappa shape index (κ3) is 1.45. The molecule has 0 radical (unpaired) electrons. The number of carbonyl (C=O) groups is 1. The molecule has 1 aromatic carbocycles. The highest BCUT2D eigenvalue weighted by Crippen LogP contribution is 2.27. The predicted molar refractivity (Wildman–Crippen MR) is 53.3 cm³/mol. The smallest absolute Gasteiger partial charge is 0.252 e. The zero-order chi connectivity index (χ0) is 10.1. The Labute approximate surface area is 82.5 Å². The summed E-state index contributed by atoms with van der Waals surface area (Å²) in [6.07, 6.45) is 4.27. The summed E-state index contributed by atoms with van der Waals surface area (Å²) >= 11 is 0. The van der Waals surface area contributed by atoms with Gasteiger partial charge in [0.1, 0.15) is 5.75 Å². The summed E-state index contributed by atoms with van der Waals surface area (Å²) in [5, 5.41) is 9.54. The van der Waals surface area contributed by atoms with Gasteiger partial charge in [0.05, 0.1) is 5.56 Å². The van der Waals surface area contributed by atoms with E-state index in [4.69, 9.17) is 5.73 Å². The van der Waals surface area contributed by atoms with Crippen molar-refractivity contribution in [1.82, 2.24) is 0 Å². The Balaban J connectivity index is 2.50. The molecule has 3 N–H and O–H groups in total. The SMILES string of the molecule is NC(=O)c1cc2c(cc1O)CCCC2. The first-order valence-corrected chi connectivity index (χ1v) is 4.83. The highest BCUT2D eigenvalue weighted by Gasteiger charge is 2.15. The molecule has 3 heteroatoms. The second-order valence-electron chi connectivity index (χ2n) is 3.71. The molecule has 0 aromatic heterocycles. The molecule has 14 heavy (non-hydrogen) atoms. The number of benzene rings is 1. The zero-order valence-corrected chi connectivity index (χ0v) is 7.92. The topological polar surface area (TPSA) is 63.3 Å². The number of hydrogen-bond donors (Lipinski definition) is 2. The van der Waals surface area contributed by atoms with Crippen LogP contribution in [-0.2, 0) is 12.8 Å². The Bertz CT molecular complexity index is 385. The van der Waals surface area contributed by atoms with Crippen molar-refractivity contribution in [2.75, 3.05) is 0 Å². The summed E-state index contributed by atoms with van der Waals surface area (Å²) in [6.45, 7) is 0. The van der Waals surface area contributed by atoms with E-state index in [0.29, 0.717) is 0 Å². The molecule has 0 atom stereocenters. The number of rotatable bonds is 1. The first kappa shape index (κ1) is 9.06. The van der Waals surface area contributed by atoms with E-state index < -0.39 is 5.91 Å². The van der Waals surface area contributed by atoms with Gasteiger partial charge in [-0.15, -0.1) is 0 Å². The predicted octanol–water partition coefficient (Wildman–Crippen LogP) is 1.37. The Morgan fingerprint density at radius 3 is 2.36 bits per heavy atom. The normalized spacial score (nSPS) is 14.9. The molecule has 0 saturated carbocycles. The lowest BCUT2D eigenvalue weighted by Crippen LogP contribution is -2.13. The minimum absolute atomic E-state index is 0.0122. The van der Waals surface area contributed by atoms with Crippen molar-refractivity contribution in [3.05, 3.63) is 28.8 Å². The molecular formula is C11H13NO2. The molecule has 0 bridgehead atoms. The van der Waals surface area contributed by atoms with E-state index in [-0.39, 0.29) is 11.3 Å². The van der Waals surface area contributed by atoms with E-state index in [0.717, 1.165) is 36.8 Å². The van der Waals surface area contributed by atoms with Gasteiger partial charge in [-0.3, -0.25) is 4.79 Å². The van der Waals surface area contributed by atoms with Gasteiger partial charge in [-0.2, -0.15) is 0 Å². The number of phenols is 1. The first-order valence-electron chi connectivity index (χ1n) is 4.83. The quantitative estimate of drug-likeness (QED) is 0.704. The summed E-state index contributed by atoms with van der Waals surface area (Å²) in [5.41, 5.74) is 7.70. The fraction of sp³-hybridized carbons (Fsp3) is 0.364. The van der Waals surface area contributed by atoms with Crippen LogP contribution in [0.1, 0.15) is 34.3 Å². The molecule has 0 spiro atoms. The second kappa shape index (κ2) is 3.33. The molecule has 3 nitrogen and oxygen atoms in total. The Morgan fingerprint density at radius 1 is 1.21 bits per heavy atom. The van der Waals surface area contributed by atoms with E-state index >= 15 is 0 Å². The maximum Gasteiger partial charge on any atom is 0.252 e. The summed E-state index contributed by atoms with van der Waals surface area (Å²) < 4.78 is 0. The Kier molecular flexibility index (Phi) is 2.15. The van der Waals surface area contributed by atoms with Gasteiger partial charge in [-0.1, -0.05) is 0 Å². The van der Waals surface area contributed by atoms with Crippen LogP contribution in [0.4, 0.5) is 0 Å². The lowest BCUT2D eigenvalue weighted by Gasteiger charge is -2.16. The number of amides is 1. The summed E-state index contributed by atoms with van der Waals surface area (Å²) in [5.74, 6) is -0.547. The maximum atomic E-state index is 11.0. The van der Waals surface area contributed by atoms with Crippen molar-refractivity contribution in [2.45, 2.75) is 25.7 Å². The van der Waals surface area contributed by atoms with Crippen LogP contribution in [0.3, 0.4) is 0 Å². The third-order valence-electron chi connectivity index (χ3n) is 2.73. The van der Waals surface area contributed by atoms with Gasteiger partial charge >= 0.3 is 0 Å². The second-order valence-corrected chi connectivity index (χ2v) is 3.71. The molecule has 0 aliphatic heterocycles. The highest BCUT2D eigenvalue weighted by atomic mass is 16.3. The fourth-order valence-electron chi connectivity index (χ4n) is 1.97. The molecule has 1 aliphatic rings. The van der Waals surface area contributed by atoms with E-state index in [1.165, 1.54) is 0 Å². The molecule has 1 amide bonds. The average Bonchev–Trinajstić information content (AvgIpc) is 2.16.